The van der Waals surface area contributed by atoms with Crippen LogP contribution in [-0.2, 0) is 9.53 Å². The Morgan fingerprint density at radius 2 is 1.66 bits per heavy atom. The third-order valence-electron chi connectivity index (χ3n) is 5.59. The summed E-state index contributed by atoms with van der Waals surface area (Å²) in [7, 11) is 0. The maximum atomic E-state index is 13.8. The fourth-order valence-electron chi connectivity index (χ4n) is 3.84. The summed E-state index contributed by atoms with van der Waals surface area (Å²) in [5.74, 6) is -1.00. The number of hydrogen-bond acceptors (Lipinski definition) is 6. The Bertz CT molecular complexity index is 1400. The van der Waals surface area contributed by atoms with E-state index in [1.165, 1.54) is 24.3 Å². The molecule has 7 nitrogen and oxygen atoms in total. The number of nitrogens with one attached hydrogen (secondary N) is 1. The molecule has 0 bridgehead atoms. The van der Waals surface area contributed by atoms with Gasteiger partial charge in [0.05, 0.1) is 36.7 Å². The predicted octanol–water partition coefficient (Wildman–Crippen LogP) is 4.56. The highest BCUT2D eigenvalue weighted by Gasteiger charge is 2.18. The molecule has 1 saturated heterocycles. The van der Waals surface area contributed by atoms with Crippen LogP contribution < -0.4 is 5.32 Å². The van der Waals surface area contributed by atoms with Gasteiger partial charge in [0.2, 0.25) is 11.9 Å². The second-order valence-electron chi connectivity index (χ2n) is 8.07. The minimum Gasteiger partial charge on any atom is -0.379 e. The summed E-state index contributed by atoms with van der Waals surface area (Å²) in [6.45, 7) is 2.62. The third-order valence-corrected chi connectivity index (χ3v) is 5.88. The van der Waals surface area contributed by atoms with Gasteiger partial charge >= 0.3 is 0 Å². The first kappa shape index (κ1) is 23.2. The van der Waals surface area contributed by atoms with Gasteiger partial charge in [-0.3, -0.25) is 15.0 Å². The lowest BCUT2D eigenvalue weighted by atomic mass is 10.1. The second-order valence-corrected chi connectivity index (χ2v) is 8.43. The van der Waals surface area contributed by atoms with E-state index < -0.39 is 5.82 Å². The van der Waals surface area contributed by atoms with Gasteiger partial charge in [-0.25, -0.2) is 23.7 Å². The molecule has 0 aliphatic carbocycles. The molecule has 10 heteroatoms. The lowest BCUT2D eigenvalue weighted by Crippen LogP contribution is -2.41. The molecule has 2 aromatic carbocycles. The first-order valence-corrected chi connectivity index (χ1v) is 11.3. The van der Waals surface area contributed by atoms with Crippen molar-refractivity contribution in [2.75, 3.05) is 38.2 Å². The van der Waals surface area contributed by atoms with Gasteiger partial charge in [0.1, 0.15) is 16.8 Å². The number of nitrogens with zero attached hydrogens (tertiary/aromatic N) is 4. The van der Waals surface area contributed by atoms with Crippen LogP contribution in [0.3, 0.4) is 0 Å². The summed E-state index contributed by atoms with van der Waals surface area (Å²) < 4.78 is 32.6. The summed E-state index contributed by atoms with van der Waals surface area (Å²) in [6, 6.07) is 13.4. The van der Waals surface area contributed by atoms with E-state index in [0.29, 0.717) is 59.7 Å². The van der Waals surface area contributed by atoms with Crippen LogP contribution in [-0.4, -0.2) is 58.6 Å². The predicted molar refractivity (Wildman–Crippen MR) is 129 cm³/mol. The average molecular weight is 496 g/mol. The molecular weight excluding hydrogens is 476 g/mol. The van der Waals surface area contributed by atoms with Crippen LogP contribution in [0.15, 0.2) is 54.6 Å². The van der Waals surface area contributed by atoms with Gasteiger partial charge in [-0.2, -0.15) is 0 Å². The number of carbonyl (C=O) groups is 1. The van der Waals surface area contributed by atoms with E-state index in [0.717, 1.165) is 0 Å². The molecule has 2 aromatic heterocycles. The van der Waals surface area contributed by atoms with E-state index in [2.05, 4.69) is 20.3 Å². The summed E-state index contributed by atoms with van der Waals surface area (Å²) in [4.78, 5) is 28.0. The molecule has 1 fully saturated rings. The molecule has 0 radical (unpaired) electrons. The van der Waals surface area contributed by atoms with Crippen molar-refractivity contribution < 1.29 is 18.3 Å². The van der Waals surface area contributed by atoms with Gasteiger partial charge in [0.25, 0.3) is 0 Å². The maximum absolute atomic E-state index is 13.8. The molecule has 178 valence electrons. The molecule has 1 aliphatic rings. The largest absolute Gasteiger partial charge is 0.379 e. The Hall–Kier alpha value is -3.53. The first-order valence-electron chi connectivity index (χ1n) is 11.0. The van der Waals surface area contributed by atoms with Crippen molar-refractivity contribution in [3.8, 4) is 22.5 Å². The summed E-state index contributed by atoms with van der Waals surface area (Å²) in [5.41, 5.74) is 2.43. The van der Waals surface area contributed by atoms with Crippen molar-refractivity contribution in [2.24, 2.45) is 0 Å². The third kappa shape index (κ3) is 5.43. The number of fused-ring (bicyclic) bond motifs is 1. The Balaban J connectivity index is 1.54. The van der Waals surface area contributed by atoms with E-state index in [-0.39, 0.29) is 29.4 Å². The smallest absolute Gasteiger partial charge is 0.240 e. The van der Waals surface area contributed by atoms with E-state index in [1.54, 1.807) is 30.3 Å². The van der Waals surface area contributed by atoms with Crippen LogP contribution in [0.2, 0.25) is 5.15 Å². The van der Waals surface area contributed by atoms with Crippen molar-refractivity contribution in [1.82, 2.24) is 19.9 Å². The van der Waals surface area contributed by atoms with Gasteiger partial charge in [0.15, 0.2) is 0 Å². The van der Waals surface area contributed by atoms with Crippen LogP contribution in [0, 0.1) is 11.6 Å². The first-order chi connectivity index (χ1) is 16.9. The minimum atomic E-state index is -0.404. The van der Waals surface area contributed by atoms with Crippen LogP contribution in [0.5, 0.6) is 0 Å². The number of hydrogen-bond donors (Lipinski definition) is 1. The van der Waals surface area contributed by atoms with Gasteiger partial charge in [-0.1, -0.05) is 11.6 Å². The molecule has 0 unspecified atom stereocenters. The highest BCUT2D eigenvalue weighted by Crippen LogP contribution is 2.32. The Morgan fingerprint density at radius 3 is 2.43 bits per heavy atom. The Morgan fingerprint density at radius 1 is 0.943 bits per heavy atom. The number of amides is 1. The van der Waals surface area contributed by atoms with Crippen molar-refractivity contribution in [3.05, 3.63) is 71.4 Å². The normalized spacial score (nSPS) is 14.3. The molecule has 1 N–H and O–H groups in total. The quantitative estimate of drug-likeness (QED) is 0.409. The van der Waals surface area contributed by atoms with Crippen molar-refractivity contribution in [1.29, 1.82) is 0 Å². The van der Waals surface area contributed by atoms with Crippen molar-refractivity contribution in [2.45, 2.75) is 0 Å². The molecule has 1 amide bonds. The van der Waals surface area contributed by atoms with Crippen molar-refractivity contribution in [3.63, 3.8) is 0 Å². The molecule has 4 aromatic rings. The van der Waals surface area contributed by atoms with Crippen LogP contribution in [0.25, 0.3) is 33.4 Å². The van der Waals surface area contributed by atoms with E-state index in [9.17, 15) is 13.6 Å². The zero-order chi connectivity index (χ0) is 24.4. The lowest BCUT2D eigenvalue weighted by Gasteiger charge is -2.25. The number of halogens is 3. The fraction of sp³-hybridized carbons (Fsp3) is 0.200. The lowest BCUT2D eigenvalue weighted by molar-refractivity contribution is -0.118. The number of pyridine rings is 1. The number of rotatable bonds is 5. The number of aromatic nitrogens is 3. The standard InChI is InChI=1S/C25H20ClF2N5O2/c26-24-19(12-16-11-18(28)5-6-20(16)29-24)22-13-21(15-1-3-17(27)4-2-15)30-25(31-22)32-23(34)14-33-7-9-35-10-8-33/h1-6,11-13H,7-10,14H2,(H,30,31,32,34). The van der Waals surface area contributed by atoms with E-state index >= 15 is 0 Å². The van der Waals surface area contributed by atoms with Crippen molar-refractivity contribution >= 4 is 34.4 Å². The van der Waals surface area contributed by atoms with Crippen LogP contribution in [0.1, 0.15) is 0 Å². The molecule has 1 aliphatic heterocycles. The number of carbonyl (C=O) groups excluding carboxylic acids is 1. The molecule has 0 spiro atoms. The zero-order valence-corrected chi connectivity index (χ0v) is 19.2. The van der Waals surface area contributed by atoms with Gasteiger partial charge in [0, 0.05) is 29.6 Å². The molecule has 0 atom stereocenters. The molecule has 5 rings (SSSR count). The molecule has 0 saturated carbocycles. The number of morpholine rings is 1. The maximum Gasteiger partial charge on any atom is 0.240 e. The highest BCUT2D eigenvalue weighted by atomic mass is 35.5. The SMILES string of the molecule is O=C(CN1CCOCC1)Nc1nc(-c2ccc(F)cc2)cc(-c2cc3cc(F)ccc3nc2Cl)n1. The number of benzene rings is 2. The van der Waals surface area contributed by atoms with Crippen LogP contribution in [0.4, 0.5) is 14.7 Å². The van der Waals surface area contributed by atoms with Gasteiger partial charge in [-0.05, 0) is 54.6 Å². The molecule has 35 heavy (non-hydrogen) atoms. The Kier molecular flexibility index (Phi) is 6.63. The summed E-state index contributed by atoms with van der Waals surface area (Å²) in [6.07, 6.45) is 0. The summed E-state index contributed by atoms with van der Waals surface area (Å²) >= 11 is 6.46. The zero-order valence-electron chi connectivity index (χ0n) is 18.5. The fourth-order valence-corrected chi connectivity index (χ4v) is 4.08. The average Bonchev–Trinajstić information content (AvgIpc) is 2.84. The number of ether oxygens (including phenoxy) is 1. The summed E-state index contributed by atoms with van der Waals surface area (Å²) in [5, 5.41) is 3.46. The second kappa shape index (κ2) is 9.99. The molecular formula is C25H20ClF2N5O2. The monoisotopic (exact) mass is 495 g/mol. The van der Waals surface area contributed by atoms with Gasteiger partial charge in [-0.15, -0.1) is 0 Å². The van der Waals surface area contributed by atoms with Crippen LogP contribution >= 0.6 is 11.6 Å². The van der Waals surface area contributed by atoms with E-state index in [1.807, 2.05) is 4.90 Å². The number of anilines is 1. The highest BCUT2D eigenvalue weighted by molar-refractivity contribution is 6.32. The van der Waals surface area contributed by atoms with Gasteiger partial charge < -0.3 is 4.74 Å². The Labute approximate surface area is 204 Å². The van der Waals surface area contributed by atoms with E-state index in [4.69, 9.17) is 16.3 Å². The minimum absolute atomic E-state index is 0.0653. The molecule has 3 heterocycles. The topological polar surface area (TPSA) is 80.2 Å².